The number of nitrogens with zero attached hydrogens (tertiary/aromatic N) is 4. The van der Waals surface area contributed by atoms with E-state index in [2.05, 4.69) is 102 Å². The average molecular weight is 639 g/mol. The van der Waals surface area contributed by atoms with Crippen molar-refractivity contribution >= 4 is 54.5 Å². The quantitative estimate of drug-likeness (QED) is 0.192. The van der Waals surface area contributed by atoms with Crippen LogP contribution >= 0.6 is 0 Å². The van der Waals surface area contributed by atoms with Crippen LogP contribution in [-0.4, -0.2) is 14.5 Å². The molecule has 10 rings (SSSR count). The molecule has 5 nitrogen and oxygen atoms in total. The van der Waals surface area contributed by atoms with Gasteiger partial charge in [0.1, 0.15) is 22.8 Å². The molecular weight excluding hydrogens is 613 g/mol. The van der Waals surface area contributed by atoms with Gasteiger partial charge in [-0.05, 0) is 53.2 Å². The van der Waals surface area contributed by atoms with Crippen molar-refractivity contribution in [2.45, 2.75) is 0 Å². The molecule has 0 amide bonds. The van der Waals surface area contributed by atoms with Crippen molar-refractivity contribution in [3.63, 3.8) is 0 Å². The van der Waals surface area contributed by atoms with Gasteiger partial charge in [-0.2, -0.15) is 5.26 Å². The first-order valence-corrected chi connectivity index (χ1v) is 16.6. The predicted molar refractivity (Wildman–Crippen MR) is 202 cm³/mol. The standard InChI is InChI=1S/C45H26N4O/c46-27-36-42(31-23-22-28-12-7-8-15-30(28)26-31)47-45(29-13-3-1-4-14-29)48-43(36)34-19-11-20-37-40(34)35-24-25-39-41(33-18-9-10-21-38(33)50-39)44(35)49(37)32-16-5-2-6-17-32/h1-26H. The molecule has 232 valence electrons. The Morgan fingerprint density at radius 2 is 1.28 bits per heavy atom. The molecule has 0 fully saturated rings. The molecule has 50 heavy (non-hydrogen) atoms. The van der Waals surface area contributed by atoms with Crippen LogP contribution < -0.4 is 0 Å². The predicted octanol–water partition coefficient (Wildman–Crippen LogP) is 11.5. The Morgan fingerprint density at radius 1 is 0.540 bits per heavy atom. The molecule has 0 saturated heterocycles. The summed E-state index contributed by atoms with van der Waals surface area (Å²) < 4.78 is 8.70. The Balaban J connectivity index is 1.35. The molecule has 5 heteroatoms. The maximum absolute atomic E-state index is 10.9. The van der Waals surface area contributed by atoms with E-state index in [0.29, 0.717) is 22.8 Å². The molecule has 0 aliphatic carbocycles. The van der Waals surface area contributed by atoms with Crippen molar-refractivity contribution in [2.24, 2.45) is 0 Å². The SMILES string of the molecule is N#Cc1c(-c2ccc3ccccc3c2)nc(-c2ccccc2)nc1-c1cccc2c1c1ccc3oc4ccccc4c3c1n2-c1ccccc1. The third-order valence-corrected chi connectivity index (χ3v) is 9.64. The second-order valence-electron chi connectivity index (χ2n) is 12.5. The third-order valence-electron chi connectivity index (χ3n) is 9.64. The average Bonchev–Trinajstić information content (AvgIpc) is 3.74. The van der Waals surface area contributed by atoms with Gasteiger partial charge in [0.05, 0.1) is 27.8 Å². The van der Waals surface area contributed by atoms with Crippen LogP contribution in [0.5, 0.6) is 0 Å². The van der Waals surface area contributed by atoms with Gasteiger partial charge in [-0.25, -0.2) is 9.97 Å². The summed E-state index contributed by atoms with van der Waals surface area (Å²) in [7, 11) is 0. The zero-order valence-electron chi connectivity index (χ0n) is 26.7. The van der Waals surface area contributed by atoms with E-state index in [-0.39, 0.29) is 0 Å². The van der Waals surface area contributed by atoms with E-state index in [1.807, 2.05) is 66.7 Å². The molecule has 0 aliphatic heterocycles. The van der Waals surface area contributed by atoms with Crippen molar-refractivity contribution in [3.8, 4) is 45.7 Å². The minimum absolute atomic E-state index is 0.433. The lowest BCUT2D eigenvalue weighted by molar-refractivity contribution is 0.669. The lowest BCUT2D eigenvalue weighted by Gasteiger charge is -2.14. The second-order valence-corrected chi connectivity index (χ2v) is 12.5. The first-order chi connectivity index (χ1) is 24.8. The normalized spacial score (nSPS) is 11.6. The third kappa shape index (κ3) is 4.19. The molecule has 0 N–H and O–H groups in total. The Labute approximate surface area is 286 Å². The fourth-order valence-corrected chi connectivity index (χ4v) is 7.43. The van der Waals surface area contributed by atoms with Gasteiger partial charge in [-0.15, -0.1) is 0 Å². The highest BCUT2D eigenvalue weighted by Gasteiger charge is 2.25. The van der Waals surface area contributed by atoms with E-state index < -0.39 is 0 Å². The number of aromatic nitrogens is 3. The number of hydrogen-bond acceptors (Lipinski definition) is 4. The molecule has 0 bridgehead atoms. The molecule has 0 aliphatic rings. The Kier molecular flexibility index (Phi) is 6.17. The van der Waals surface area contributed by atoms with Crippen LogP contribution in [0.1, 0.15) is 5.56 Å². The van der Waals surface area contributed by atoms with Gasteiger partial charge in [0, 0.05) is 38.5 Å². The number of benzene rings is 7. The van der Waals surface area contributed by atoms with Crippen molar-refractivity contribution in [1.29, 1.82) is 5.26 Å². The first-order valence-electron chi connectivity index (χ1n) is 16.6. The second kappa shape index (κ2) is 11.0. The fourth-order valence-electron chi connectivity index (χ4n) is 7.43. The molecule has 7 aromatic carbocycles. The number of nitriles is 1. The molecule has 10 aromatic rings. The topological polar surface area (TPSA) is 67.6 Å². The Hall–Kier alpha value is -7.03. The largest absolute Gasteiger partial charge is 0.456 e. The van der Waals surface area contributed by atoms with E-state index in [1.54, 1.807) is 0 Å². The van der Waals surface area contributed by atoms with Gasteiger partial charge in [-0.1, -0.05) is 115 Å². The minimum Gasteiger partial charge on any atom is -0.456 e. The van der Waals surface area contributed by atoms with Gasteiger partial charge in [0.15, 0.2) is 5.82 Å². The maximum Gasteiger partial charge on any atom is 0.160 e. The van der Waals surface area contributed by atoms with E-state index in [1.165, 1.54) is 0 Å². The fraction of sp³-hybridized carbons (Fsp3) is 0. The summed E-state index contributed by atoms with van der Waals surface area (Å²) in [5.41, 5.74) is 9.01. The van der Waals surface area contributed by atoms with Gasteiger partial charge >= 0.3 is 0 Å². The van der Waals surface area contributed by atoms with Crippen LogP contribution in [-0.2, 0) is 0 Å². The minimum atomic E-state index is 0.433. The Bertz CT molecular complexity index is 2990. The van der Waals surface area contributed by atoms with Crippen LogP contribution in [0, 0.1) is 11.3 Å². The lowest BCUT2D eigenvalue weighted by atomic mass is 9.95. The van der Waals surface area contributed by atoms with Gasteiger partial charge in [-0.3, -0.25) is 0 Å². The van der Waals surface area contributed by atoms with Crippen LogP contribution in [0.4, 0.5) is 0 Å². The van der Waals surface area contributed by atoms with Gasteiger partial charge in [0.2, 0.25) is 0 Å². The first kappa shape index (κ1) is 28.0. The highest BCUT2D eigenvalue weighted by atomic mass is 16.3. The monoisotopic (exact) mass is 638 g/mol. The summed E-state index contributed by atoms with van der Waals surface area (Å²) in [6, 6.07) is 56.1. The Morgan fingerprint density at radius 3 is 2.12 bits per heavy atom. The number of rotatable bonds is 4. The summed E-state index contributed by atoms with van der Waals surface area (Å²) >= 11 is 0. The smallest absolute Gasteiger partial charge is 0.160 e. The molecular formula is C45H26N4O. The highest BCUT2D eigenvalue weighted by Crippen LogP contribution is 2.45. The van der Waals surface area contributed by atoms with Gasteiger partial charge in [0.25, 0.3) is 0 Å². The number of hydrogen-bond donors (Lipinski definition) is 0. The summed E-state index contributed by atoms with van der Waals surface area (Å²) in [6.45, 7) is 0. The van der Waals surface area contributed by atoms with Crippen LogP contribution in [0.2, 0.25) is 0 Å². The molecule has 0 radical (unpaired) electrons. The number of furan rings is 1. The van der Waals surface area contributed by atoms with Crippen LogP contribution in [0.3, 0.4) is 0 Å². The molecule has 0 saturated carbocycles. The molecule has 0 spiro atoms. The van der Waals surface area contributed by atoms with E-state index >= 15 is 0 Å². The molecule has 3 aromatic heterocycles. The summed E-state index contributed by atoms with van der Waals surface area (Å²) in [6.07, 6.45) is 0. The van der Waals surface area contributed by atoms with Crippen molar-refractivity contribution in [2.75, 3.05) is 0 Å². The highest BCUT2D eigenvalue weighted by molar-refractivity contribution is 6.26. The summed E-state index contributed by atoms with van der Waals surface area (Å²) in [5, 5.41) is 17.3. The van der Waals surface area contributed by atoms with Crippen molar-refractivity contribution in [1.82, 2.24) is 14.5 Å². The van der Waals surface area contributed by atoms with E-state index in [0.717, 1.165) is 76.9 Å². The lowest BCUT2D eigenvalue weighted by Crippen LogP contribution is -2.01. The van der Waals surface area contributed by atoms with E-state index in [4.69, 9.17) is 14.4 Å². The van der Waals surface area contributed by atoms with Crippen molar-refractivity contribution < 1.29 is 4.42 Å². The zero-order valence-corrected chi connectivity index (χ0v) is 26.7. The summed E-state index contributed by atoms with van der Waals surface area (Å²) in [4.78, 5) is 10.3. The van der Waals surface area contributed by atoms with Crippen LogP contribution in [0.25, 0.3) is 94.1 Å². The molecule has 0 atom stereocenters. The zero-order chi connectivity index (χ0) is 33.2. The van der Waals surface area contributed by atoms with Crippen LogP contribution in [0.15, 0.2) is 162 Å². The molecule has 0 unspecified atom stereocenters. The van der Waals surface area contributed by atoms with E-state index in [9.17, 15) is 5.26 Å². The summed E-state index contributed by atoms with van der Waals surface area (Å²) in [5.74, 6) is 0.565. The molecule has 3 heterocycles. The van der Waals surface area contributed by atoms with Gasteiger partial charge < -0.3 is 8.98 Å². The van der Waals surface area contributed by atoms with Crippen molar-refractivity contribution in [3.05, 3.63) is 163 Å². The number of fused-ring (bicyclic) bond motifs is 8. The number of para-hydroxylation sites is 2. The maximum atomic E-state index is 10.9.